The number of rotatable bonds is 7. The van der Waals surface area contributed by atoms with Crippen molar-refractivity contribution < 1.29 is 17.9 Å². The van der Waals surface area contributed by atoms with E-state index in [1.165, 1.54) is 0 Å². The second-order valence-electron chi connectivity index (χ2n) is 8.56. The fourth-order valence-corrected chi connectivity index (χ4v) is 5.70. The normalized spacial score (nSPS) is 14.4. The van der Waals surface area contributed by atoms with Crippen molar-refractivity contribution in [3.8, 4) is 11.3 Å². The quantitative estimate of drug-likeness (QED) is 0.329. The monoisotopic (exact) mass is 507 g/mol. The lowest BCUT2D eigenvalue weighted by Crippen LogP contribution is -2.28. The molecule has 9 nitrogen and oxygen atoms in total. The van der Waals surface area contributed by atoms with Crippen molar-refractivity contribution in [3.05, 3.63) is 77.2 Å². The van der Waals surface area contributed by atoms with Crippen LogP contribution in [0.15, 0.2) is 59.6 Å². The molecule has 2 heterocycles. The molecule has 0 radical (unpaired) electrons. The molecule has 3 aromatic rings. The average molecular weight is 508 g/mol. The summed E-state index contributed by atoms with van der Waals surface area (Å²) in [6.07, 6.45) is 2.56. The standard InChI is InChI=1S/C26H29N5O4S/c1-17-24(26(28)35-25(27)20-5-3-18(4-6-20)15-29-2)31-23(16-30-17)19-7-9-21(10-8-19)36(32,33)22-11-13-34-14-12-22/h3-10,16,22,27-29H,11-15H2,1-2H3. The van der Waals surface area contributed by atoms with Crippen LogP contribution in [0.2, 0.25) is 0 Å². The maximum Gasteiger partial charge on any atom is 0.241 e. The molecule has 0 saturated carbocycles. The van der Waals surface area contributed by atoms with Gasteiger partial charge in [-0.25, -0.2) is 13.4 Å². The minimum atomic E-state index is -3.43. The predicted octanol–water partition coefficient (Wildman–Crippen LogP) is 3.49. The number of hydrogen-bond donors (Lipinski definition) is 3. The molecule has 4 rings (SSSR count). The highest BCUT2D eigenvalue weighted by Gasteiger charge is 2.29. The molecule has 36 heavy (non-hydrogen) atoms. The SMILES string of the molecule is CNCc1ccc(C(=N)OC(=N)c2nc(-c3ccc(S(=O)(=O)C4CCOCC4)cc3)cnc2C)cc1. The Labute approximate surface area is 210 Å². The van der Waals surface area contributed by atoms with E-state index in [2.05, 4.69) is 15.3 Å². The Bertz CT molecular complexity index is 1350. The molecule has 0 unspecified atom stereocenters. The molecular weight excluding hydrogens is 478 g/mol. The molecule has 0 aliphatic carbocycles. The molecule has 3 N–H and O–H groups in total. The average Bonchev–Trinajstić information content (AvgIpc) is 2.90. The van der Waals surface area contributed by atoms with Gasteiger partial charge < -0.3 is 14.8 Å². The Hall–Kier alpha value is -3.47. The number of aromatic nitrogens is 2. The van der Waals surface area contributed by atoms with Crippen LogP contribution in [0.5, 0.6) is 0 Å². The number of nitrogens with one attached hydrogen (secondary N) is 3. The van der Waals surface area contributed by atoms with Gasteiger partial charge in [0.25, 0.3) is 0 Å². The Morgan fingerprint density at radius 1 is 1.06 bits per heavy atom. The third kappa shape index (κ3) is 5.67. The van der Waals surface area contributed by atoms with Gasteiger partial charge in [-0.1, -0.05) is 24.3 Å². The van der Waals surface area contributed by atoms with E-state index < -0.39 is 15.1 Å². The molecule has 1 fully saturated rings. The number of nitrogens with zero attached hydrogens (tertiary/aromatic N) is 2. The summed E-state index contributed by atoms with van der Waals surface area (Å²) in [6.45, 7) is 3.34. The first kappa shape index (κ1) is 25.6. The summed E-state index contributed by atoms with van der Waals surface area (Å²) in [6, 6.07) is 13.9. The van der Waals surface area contributed by atoms with Crippen molar-refractivity contribution in [3.63, 3.8) is 0 Å². The molecule has 1 aliphatic heterocycles. The van der Waals surface area contributed by atoms with E-state index in [0.717, 1.165) is 5.56 Å². The van der Waals surface area contributed by atoms with Gasteiger partial charge in [-0.05, 0) is 56.6 Å². The largest absolute Gasteiger partial charge is 0.419 e. The molecule has 0 amide bonds. The molecular formula is C26H29N5O4S. The van der Waals surface area contributed by atoms with Crippen molar-refractivity contribution in [2.45, 2.75) is 36.5 Å². The minimum Gasteiger partial charge on any atom is -0.419 e. The van der Waals surface area contributed by atoms with E-state index in [0.29, 0.717) is 55.1 Å². The van der Waals surface area contributed by atoms with Crippen LogP contribution in [0.4, 0.5) is 0 Å². The molecule has 0 bridgehead atoms. The van der Waals surface area contributed by atoms with Gasteiger partial charge in [-0.3, -0.25) is 15.8 Å². The fourth-order valence-electron chi connectivity index (χ4n) is 3.98. The van der Waals surface area contributed by atoms with Crippen molar-refractivity contribution >= 4 is 21.6 Å². The van der Waals surface area contributed by atoms with Crippen LogP contribution in [0.3, 0.4) is 0 Å². The zero-order chi connectivity index (χ0) is 25.7. The van der Waals surface area contributed by atoms with Crippen LogP contribution in [0, 0.1) is 17.7 Å². The highest BCUT2D eigenvalue weighted by Crippen LogP contribution is 2.26. The van der Waals surface area contributed by atoms with Gasteiger partial charge in [0.2, 0.25) is 11.8 Å². The number of sulfone groups is 1. The molecule has 1 aliphatic rings. The van der Waals surface area contributed by atoms with Gasteiger partial charge in [0.05, 0.1) is 27.7 Å². The summed E-state index contributed by atoms with van der Waals surface area (Å²) < 4.78 is 36.7. The van der Waals surface area contributed by atoms with E-state index >= 15 is 0 Å². The summed E-state index contributed by atoms with van der Waals surface area (Å²) in [5, 5.41) is 19.3. The number of benzene rings is 2. The third-order valence-electron chi connectivity index (χ3n) is 6.06. The van der Waals surface area contributed by atoms with Crippen LogP contribution in [-0.2, 0) is 25.9 Å². The van der Waals surface area contributed by atoms with Gasteiger partial charge in [0, 0.05) is 30.9 Å². The zero-order valence-electron chi connectivity index (χ0n) is 20.2. The third-order valence-corrected chi connectivity index (χ3v) is 8.34. The lowest BCUT2D eigenvalue weighted by atomic mass is 10.1. The highest BCUT2D eigenvalue weighted by atomic mass is 32.2. The second kappa shape index (κ2) is 11.1. The molecule has 10 heteroatoms. The summed E-state index contributed by atoms with van der Waals surface area (Å²) >= 11 is 0. The lowest BCUT2D eigenvalue weighted by molar-refractivity contribution is 0.0983. The van der Waals surface area contributed by atoms with E-state index in [9.17, 15) is 8.42 Å². The van der Waals surface area contributed by atoms with Crippen LogP contribution >= 0.6 is 0 Å². The van der Waals surface area contributed by atoms with Crippen LogP contribution in [-0.4, -0.2) is 55.7 Å². The van der Waals surface area contributed by atoms with Gasteiger partial charge in [-0.2, -0.15) is 0 Å². The highest BCUT2D eigenvalue weighted by molar-refractivity contribution is 7.92. The molecule has 0 atom stereocenters. The van der Waals surface area contributed by atoms with Crippen LogP contribution < -0.4 is 5.32 Å². The van der Waals surface area contributed by atoms with Crippen molar-refractivity contribution in [2.24, 2.45) is 0 Å². The van der Waals surface area contributed by atoms with E-state index in [1.807, 2.05) is 19.2 Å². The van der Waals surface area contributed by atoms with Gasteiger partial charge in [0.15, 0.2) is 9.84 Å². The minimum absolute atomic E-state index is 0.162. The molecule has 1 aromatic heterocycles. The van der Waals surface area contributed by atoms with Crippen LogP contribution in [0.25, 0.3) is 11.3 Å². The summed E-state index contributed by atoms with van der Waals surface area (Å²) in [5.74, 6) is -0.449. The van der Waals surface area contributed by atoms with Crippen molar-refractivity contribution in [1.82, 2.24) is 15.3 Å². The Kier molecular flexibility index (Phi) is 7.88. The summed E-state index contributed by atoms with van der Waals surface area (Å²) in [7, 11) is -1.57. The first-order valence-electron chi connectivity index (χ1n) is 11.6. The Morgan fingerprint density at radius 2 is 1.72 bits per heavy atom. The smallest absolute Gasteiger partial charge is 0.241 e. The number of hydrogen-bond acceptors (Lipinski definition) is 9. The lowest BCUT2D eigenvalue weighted by Gasteiger charge is -2.22. The second-order valence-corrected chi connectivity index (χ2v) is 10.8. The molecule has 188 valence electrons. The fraction of sp³-hybridized carbons (Fsp3) is 0.308. The van der Waals surface area contributed by atoms with E-state index in [-0.39, 0.29) is 22.4 Å². The number of ether oxygens (including phenoxy) is 2. The van der Waals surface area contributed by atoms with Crippen molar-refractivity contribution in [1.29, 1.82) is 10.8 Å². The van der Waals surface area contributed by atoms with E-state index in [4.69, 9.17) is 20.3 Å². The summed E-state index contributed by atoms with van der Waals surface area (Å²) in [4.78, 5) is 9.13. The van der Waals surface area contributed by atoms with Gasteiger partial charge in [-0.15, -0.1) is 0 Å². The molecule has 1 saturated heterocycles. The number of aryl methyl sites for hydroxylation is 1. The topological polar surface area (TPSA) is 138 Å². The van der Waals surface area contributed by atoms with Gasteiger partial charge in [0.1, 0.15) is 5.69 Å². The zero-order valence-corrected chi connectivity index (χ0v) is 21.1. The predicted molar refractivity (Wildman–Crippen MR) is 137 cm³/mol. The van der Waals surface area contributed by atoms with Crippen molar-refractivity contribution in [2.75, 3.05) is 20.3 Å². The maximum absolute atomic E-state index is 12.9. The van der Waals surface area contributed by atoms with Crippen LogP contribution in [0.1, 0.15) is 35.4 Å². The Balaban J connectivity index is 1.50. The molecule has 2 aromatic carbocycles. The summed E-state index contributed by atoms with van der Waals surface area (Å²) in [5.41, 5.74) is 3.45. The molecule has 0 spiro atoms. The van der Waals surface area contributed by atoms with E-state index in [1.54, 1.807) is 49.5 Å². The van der Waals surface area contributed by atoms with Gasteiger partial charge >= 0.3 is 0 Å². The first-order valence-corrected chi connectivity index (χ1v) is 13.2. The Morgan fingerprint density at radius 3 is 2.36 bits per heavy atom. The maximum atomic E-state index is 12.9. The first-order chi connectivity index (χ1) is 17.3.